The average Bonchev–Trinajstić information content (AvgIpc) is 2.57. The van der Waals surface area contributed by atoms with E-state index in [0.29, 0.717) is 39.0 Å². The van der Waals surface area contributed by atoms with E-state index >= 15 is 0 Å². The third-order valence-electron chi connectivity index (χ3n) is 4.64. The zero-order valence-corrected chi connectivity index (χ0v) is 15.9. The smallest absolute Gasteiger partial charge is 0.306 e. The number of nitrogens with zero attached hydrogens (tertiary/aromatic N) is 2. The molecule has 1 N–H and O–H groups in total. The molecule has 0 bridgehead atoms. The van der Waals surface area contributed by atoms with Crippen LogP contribution in [0.2, 0.25) is 0 Å². The van der Waals surface area contributed by atoms with Crippen LogP contribution in [0.3, 0.4) is 0 Å². The van der Waals surface area contributed by atoms with Crippen LogP contribution in [-0.2, 0) is 16.1 Å². The lowest BCUT2D eigenvalue weighted by Crippen LogP contribution is -2.44. The van der Waals surface area contributed by atoms with E-state index in [4.69, 9.17) is 5.11 Å². The molecule has 25 heavy (non-hydrogen) atoms. The Morgan fingerprint density at radius 2 is 1.80 bits per heavy atom. The molecule has 1 aromatic carbocycles. The highest BCUT2D eigenvalue weighted by atomic mass is 35.5. The Balaban J connectivity index is 0.00000312. The maximum atomic E-state index is 12.7. The Bertz CT molecular complexity index is 554. The van der Waals surface area contributed by atoms with Gasteiger partial charge in [-0.15, -0.1) is 12.4 Å². The highest BCUT2D eigenvalue weighted by molar-refractivity contribution is 5.85. The van der Waals surface area contributed by atoms with E-state index in [1.54, 1.807) is 0 Å². The molecule has 2 rings (SSSR count). The third kappa shape index (κ3) is 6.67. The summed E-state index contributed by atoms with van der Waals surface area (Å²) in [5.74, 6) is -0.838. The van der Waals surface area contributed by atoms with Gasteiger partial charge in [-0.05, 0) is 44.8 Å². The molecule has 0 radical (unpaired) electrons. The molecule has 1 saturated heterocycles. The van der Waals surface area contributed by atoms with Crippen molar-refractivity contribution in [3.05, 3.63) is 35.4 Å². The predicted octanol–water partition coefficient (Wildman–Crippen LogP) is 2.95. The van der Waals surface area contributed by atoms with Crippen LogP contribution in [0.1, 0.15) is 37.3 Å². The summed E-state index contributed by atoms with van der Waals surface area (Å²) < 4.78 is 0. The first kappa shape index (κ1) is 21.5. The number of aliphatic carboxylic acids is 1. The second-order valence-electron chi connectivity index (χ2n) is 6.69. The molecule has 0 spiro atoms. The molecule has 1 amide bonds. The van der Waals surface area contributed by atoms with Crippen molar-refractivity contribution in [2.45, 2.75) is 39.7 Å². The molecule has 0 aliphatic carbocycles. The van der Waals surface area contributed by atoms with Gasteiger partial charge in [-0.1, -0.05) is 36.8 Å². The Morgan fingerprint density at radius 3 is 2.32 bits per heavy atom. The molecule has 0 saturated carbocycles. The quantitative estimate of drug-likeness (QED) is 0.803. The van der Waals surface area contributed by atoms with Crippen molar-refractivity contribution in [2.75, 3.05) is 26.2 Å². The highest BCUT2D eigenvalue weighted by Crippen LogP contribution is 2.17. The van der Waals surface area contributed by atoms with Gasteiger partial charge in [0.15, 0.2) is 0 Å². The molecule has 0 aromatic heterocycles. The molecule has 0 atom stereocenters. The minimum atomic E-state index is -0.715. The van der Waals surface area contributed by atoms with Crippen molar-refractivity contribution in [1.82, 2.24) is 9.80 Å². The molecule has 140 valence electrons. The van der Waals surface area contributed by atoms with E-state index in [0.717, 1.165) is 18.5 Å². The van der Waals surface area contributed by atoms with Gasteiger partial charge in [0.2, 0.25) is 5.91 Å². The number of carbonyl (C=O) groups is 2. The molecule has 1 aromatic rings. The topological polar surface area (TPSA) is 60.9 Å². The Hall–Kier alpha value is -1.59. The molecule has 6 heteroatoms. The zero-order chi connectivity index (χ0) is 17.5. The van der Waals surface area contributed by atoms with Gasteiger partial charge in [0, 0.05) is 13.1 Å². The van der Waals surface area contributed by atoms with Crippen molar-refractivity contribution in [3.8, 4) is 0 Å². The van der Waals surface area contributed by atoms with E-state index in [1.165, 1.54) is 5.56 Å². The van der Waals surface area contributed by atoms with Crippen LogP contribution in [0, 0.1) is 12.8 Å². The number of halogens is 1. The summed E-state index contributed by atoms with van der Waals surface area (Å²) in [6.45, 7) is 7.28. The number of aryl methyl sites for hydroxylation is 1. The predicted molar refractivity (Wildman–Crippen MR) is 101 cm³/mol. The normalized spacial score (nSPS) is 15.4. The first-order valence-electron chi connectivity index (χ1n) is 8.78. The van der Waals surface area contributed by atoms with Crippen LogP contribution in [0.25, 0.3) is 0 Å². The number of hydrogen-bond donors (Lipinski definition) is 1. The summed E-state index contributed by atoms with van der Waals surface area (Å²) in [6, 6.07) is 8.29. The first-order chi connectivity index (χ1) is 11.5. The number of likely N-dealkylation sites (tertiary alicyclic amines) is 1. The fourth-order valence-electron chi connectivity index (χ4n) is 3.11. The first-order valence-corrected chi connectivity index (χ1v) is 8.78. The molecule has 1 aliphatic heterocycles. The number of benzene rings is 1. The second kappa shape index (κ2) is 10.4. The van der Waals surface area contributed by atoms with Crippen LogP contribution < -0.4 is 0 Å². The molecular formula is C19H29ClN2O3. The largest absolute Gasteiger partial charge is 0.481 e. The van der Waals surface area contributed by atoms with E-state index in [-0.39, 0.29) is 24.2 Å². The zero-order valence-electron chi connectivity index (χ0n) is 15.1. The van der Waals surface area contributed by atoms with E-state index in [1.807, 2.05) is 4.90 Å². The molecule has 0 unspecified atom stereocenters. The van der Waals surface area contributed by atoms with Gasteiger partial charge < -0.3 is 10.0 Å². The van der Waals surface area contributed by atoms with Crippen LogP contribution in [0.4, 0.5) is 0 Å². The second-order valence-corrected chi connectivity index (χ2v) is 6.69. The number of carboxylic acid groups (broad SMARTS) is 1. The van der Waals surface area contributed by atoms with E-state index < -0.39 is 5.97 Å². The monoisotopic (exact) mass is 368 g/mol. The lowest BCUT2D eigenvalue weighted by atomic mass is 9.97. The lowest BCUT2D eigenvalue weighted by molar-refractivity contribution is -0.143. The number of piperidine rings is 1. The van der Waals surface area contributed by atoms with Gasteiger partial charge in [-0.2, -0.15) is 0 Å². The minimum Gasteiger partial charge on any atom is -0.481 e. The van der Waals surface area contributed by atoms with Crippen LogP contribution in [0.15, 0.2) is 24.3 Å². The van der Waals surface area contributed by atoms with Gasteiger partial charge >= 0.3 is 5.97 Å². The van der Waals surface area contributed by atoms with E-state index in [2.05, 4.69) is 43.0 Å². The summed E-state index contributed by atoms with van der Waals surface area (Å²) in [7, 11) is 0. The van der Waals surface area contributed by atoms with Crippen molar-refractivity contribution < 1.29 is 14.7 Å². The maximum Gasteiger partial charge on any atom is 0.306 e. The van der Waals surface area contributed by atoms with Gasteiger partial charge in [0.1, 0.15) is 0 Å². The standard InChI is InChI=1S/C19H28N2O3.ClH/c1-3-10-21(13-16-6-4-15(2)5-7-16)18(22)14-20-11-8-17(9-12-20)19(23)24;/h4-7,17H,3,8-14H2,1-2H3,(H,23,24);1H. The number of amides is 1. The number of carboxylic acids is 1. The lowest BCUT2D eigenvalue weighted by Gasteiger charge is -2.31. The SMILES string of the molecule is CCCN(Cc1ccc(C)cc1)C(=O)CN1CCC(C(=O)O)CC1.Cl. The van der Waals surface area contributed by atoms with Crippen LogP contribution in [-0.4, -0.2) is 53.0 Å². The van der Waals surface area contributed by atoms with Crippen molar-refractivity contribution in [3.63, 3.8) is 0 Å². The summed E-state index contributed by atoms with van der Waals surface area (Å²) >= 11 is 0. The summed E-state index contributed by atoms with van der Waals surface area (Å²) in [4.78, 5) is 27.7. The maximum absolute atomic E-state index is 12.7. The highest BCUT2D eigenvalue weighted by Gasteiger charge is 2.26. The van der Waals surface area contributed by atoms with Crippen molar-refractivity contribution in [1.29, 1.82) is 0 Å². The average molecular weight is 369 g/mol. The van der Waals surface area contributed by atoms with Crippen LogP contribution >= 0.6 is 12.4 Å². The fourth-order valence-corrected chi connectivity index (χ4v) is 3.11. The summed E-state index contributed by atoms with van der Waals surface area (Å²) in [6.07, 6.45) is 2.20. The molecule has 1 heterocycles. The minimum absolute atomic E-state index is 0. The van der Waals surface area contributed by atoms with Gasteiger partial charge in [0.25, 0.3) is 0 Å². The van der Waals surface area contributed by atoms with Crippen molar-refractivity contribution in [2.24, 2.45) is 5.92 Å². The van der Waals surface area contributed by atoms with E-state index in [9.17, 15) is 9.59 Å². The third-order valence-corrected chi connectivity index (χ3v) is 4.64. The molecule has 1 fully saturated rings. The van der Waals surface area contributed by atoms with Crippen molar-refractivity contribution >= 4 is 24.3 Å². The van der Waals surface area contributed by atoms with Gasteiger partial charge in [-0.3, -0.25) is 14.5 Å². The number of hydrogen-bond acceptors (Lipinski definition) is 3. The number of carbonyl (C=O) groups excluding carboxylic acids is 1. The Morgan fingerprint density at radius 1 is 1.20 bits per heavy atom. The van der Waals surface area contributed by atoms with Gasteiger partial charge in [0.05, 0.1) is 12.5 Å². The molecule has 1 aliphatic rings. The Labute approximate surface area is 156 Å². The fraction of sp³-hybridized carbons (Fsp3) is 0.579. The van der Waals surface area contributed by atoms with Gasteiger partial charge in [-0.25, -0.2) is 0 Å². The summed E-state index contributed by atoms with van der Waals surface area (Å²) in [5, 5.41) is 9.05. The molecule has 5 nitrogen and oxygen atoms in total. The molecular weight excluding hydrogens is 340 g/mol. The Kier molecular flexibility index (Phi) is 8.93. The number of rotatable bonds is 7. The van der Waals surface area contributed by atoms with Crippen LogP contribution in [0.5, 0.6) is 0 Å². The summed E-state index contributed by atoms with van der Waals surface area (Å²) in [5.41, 5.74) is 2.36.